The number of alkyl halides is 1. The van der Waals surface area contributed by atoms with E-state index in [1.54, 1.807) is 12.1 Å². The number of nitrogens with zero attached hydrogens (tertiary/aromatic N) is 1. The minimum atomic E-state index is -1.15. The monoisotopic (exact) mass is 488 g/mol. The maximum absolute atomic E-state index is 12.8. The summed E-state index contributed by atoms with van der Waals surface area (Å²) in [6.45, 7) is 0.274. The molecule has 2 heterocycles. The molecular formula is C18H21IN2O4S. The molecule has 26 heavy (non-hydrogen) atoms. The van der Waals surface area contributed by atoms with Gasteiger partial charge in [0, 0.05) is 17.5 Å². The van der Waals surface area contributed by atoms with E-state index in [0.717, 1.165) is 29.3 Å². The van der Waals surface area contributed by atoms with Crippen molar-refractivity contribution in [3.8, 4) is 0 Å². The van der Waals surface area contributed by atoms with Gasteiger partial charge >= 0.3 is 0 Å². The zero-order valence-corrected chi connectivity index (χ0v) is 17.3. The van der Waals surface area contributed by atoms with Gasteiger partial charge in [-0.25, -0.2) is 0 Å². The number of imide groups is 1. The van der Waals surface area contributed by atoms with Gasteiger partial charge in [0.05, 0.1) is 6.54 Å². The van der Waals surface area contributed by atoms with Crippen LogP contribution in [-0.2, 0) is 27.3 Å². The van der Waals surface area contributed by atoms with Crippen LogP contribution in [0.1, 0.15) is 48.0 Å². The van der Waals surface area contributed by atoms with Crippen molar-refractivity contribution in [3.05, 3.63) is 29.3 Å². The van der Waals surface area contributed by atoms with Gasteiger partial charge in [-0.3, -0.25) is 19.7 Å². The lowest BCUT2D eigenvalue weighted by Gasteiger charge is -2.29. The summed E-state index contributed by atoms with van der Waals surface area (Å²) < 4.78 is 13.8. The minimum Gasteiger partial charge on any atom is -0.611 e. The van der Waals surface area contributed by atoms with Crippen LogP contribution in [0.2, 0.25) is 0 Å². The van der Waals surface area contributed by atoms with Gasteiger partial charge in [-0.15, -0.1) is 0 Å². The second kappa shape index (κ2) is 8.71. The molecule has 6 nitrogen and oxygen atoms in total. The van der Waals surface area contributed by atoms with Gasteiger partial charge < -0.3 is 9.45 Å². The summed E-state index contributed by atoms with van der Waals surface area (Å²) in [7, 11) is 0. The number of unbranched alkanes of at least 4 members (excludes halogenated alkanes) is 2. The molecule has 0 spiro atoms. The summed E-state index contributed by atoms with van der Waals surface area (Å²) in [4.78, 5) is 38.4. The number of piperidine rings is 1. The van der Waals surface area contributed by atoms with Crippen LogP contribution in [-0.4, -0.2) is 43.4 Å². The lowest BCUT2D eigenvalue weighted by atomic mass is 10.0. The van der Waals surface area contributed by atoms with Crippen molar-refractivity contribution in [2.24, 2.45) is 0 Å². The number of benzene rings is 1. The van der Waals surface area contributed by atoms with Crippen molar-refractivity contribution in [2.75, 3.05) is 10.2 Å². The Morgan fingerprint density at radius 1 is 1.23 bits per heavy atom. The summed E-state index contributed by atoms with van der Waals surface area (Å²) in [5.41, 5.74) is 1.28. The van der Waals surface area contributed by atoms with Gasteiger partial charge in [-0.05, 0) is 53.4 Å². The molecule has 1 N–H and O–H groups in total. The van der Waals surface area contributed by atoms with Crippen LogP contribution in [0.4, 0.5) is 0 Å². The Hall–Kier alpha value is -1.13. The van der Waals surface area contributed by atoms with E-state index in [-0.39, 0.29) is 24.8 Å². The Morgan fingerprint density at radius 2 is 2.04 bits per heavy atom. The highest BCUT2D eigenvalue weighted by Crippen LogP contribution is 2.32. The minimum absolute atomic E-state index is 0.224. The highest BCUT2D eigenvalue weighted by molar-refractivity contribution is 14.1. The Bertz CT molecular complexity index is 727. The number of rotatable bonds is 7. The third-order valence-corrected chi connectivity index (χ3v) is 7.04. The first-order valence-electron chi connectivity index (χ1n) is 8.74. The molecule has 1 saturated heterocycles. The van der Waals surface area contributed by atoms with Crippen LogP contribution < -0.4 is 5.32 Å². The number of nitrogens with one attached hydrogen (secondary N) is 1. The van der Waals surface area contributed by atoms with Crippen molar-refractivity contribution in [2.45, 2.75) is 49.6 Å². The first-order chi connectivity index (χ1) is 12.5. The largest absolute Gasteiger partial charge is 0.611 e. The summed E-state index contributed by atoms with van der Waals surface area (Å²) in [6, 6.07) is 4.65. The number of carbonyl (C=O) groups excluding carboxylic acids is 3. The van der Waals surface area contributed by atoms with E-state index in [9.17, 15) is 18.9 Å². The normalized spacial score (nSPS) is 20.9. The zero-order chi connectivity index (χ0) is 18.7. The van der Waals surface area contributed by atoms with Gasteiger partial charge in [0.2, 0.25) is 11.8 Å². The van der Waals surface area contributed by atoms with E-state index in [4.69, 9.17) is 0 Å². The molecular weight excluding hydrogens is 467 g/mol. The smallest absolute Gasteiger partial charge is 0.255 e. The molecule has 140 valence electrons. The van der Waals surface area contributed by atoms with Crippen LogP contribution in [0.25, 0.3) is 0 Å². The highest BCUT2D eigenvalue weighted by Gasteiger charge is 2.41. The van der Waals surface area contributed by atoms with E-state index >= 15 is 0 Å². The van der Waals surface area contributed by atoms with Crippen LogP contribution in [0, 0.1) is 0 Å². The molecule has 2 aliphatic heterocycles. The maximum Gasteiger partial charge on any atom is 0.255 e. The fourth-order valence-electron chi connectivity index (χ4n) is 3.38. The molecule has 1 aromatic rings. The van der Waals surface area contributed by atoms with Crippen LogP contribution in [0.5, 0.6) is 0 Å². The van der Waals surface area contributed by atoms with Crippen LogP contribution >= 0.6 is 22.6 Å². The average Bonchev–Trinajstić information content (AvgIpc) is 2.95. The van der Waals surface area contributed by atoms with Gasteiger partial charge in [0.25, 0.3) is 5.91 Å². The van der Waals surface area contributed by atoms with Gasteiger partial charge in [0.1, 0.15) is 11.8 Å². The summed E-state index contributed by atoms with van der Waals surface area (Å²) in [5, 5.41) is 2.30. The Kier molecular flexibility index (Phi) is 6.57. The van der Waals surface area contributed by atoms with Gasteiger partial charge in [-0.2, -0.15) is 0 Å². The Balaban J connectivity index is 1.75. The molecule has 8 heteroatoms. The van der Waals surface area contributed by atoms with Crippen molar-refractivity contribution in [1.29, 1.82) is 0 Å². The Morgan fingerprint density at radius 3 is 2.77 bits per heavy atom. The summed E-state index contributed by atoms with van der Waals surface area (Å²) in [5.74, 6) is -0.370. The van der Waals surface area contributed by atoms with Crippen molar-refractivity contribution < 1.29 is 18.9 Å². The zero-order valence-electron chi connectivity index (χ0n) is 14.3. The van der Waals surface area contributed by atoms with E-state index in [1.165, 1.54) is 4.90 Å². The second-order valence-corrected chi connectivity index (χ2v) is 9.10. The average molecular weight is 488 g/mol. The molecule has 0 radical (unpaired) electrons. The van der Waals surface area contributed by atoms with E-state index in [0.29, 0.717) is 22.6 Å². The molecule has 1 aromatic carbocycles. The summed E-state index contributed by atoms with van der Waals surface area (Å²) in [6.07, 6.45) is 3.62. The molecule has 0 aliphatic carbocycles. The predicted octanol–water partition coefficient (Wildman–Crippen LogP) is 2.16. The molecule has 3 rings (SSSR count). The maximum atomic E-state index is 12.8. The van der Waals surface area contributed by atoms with Gasteiger partial charge in [-0.1, -0.05) is 28.7 Å². The fraction of sp³-hybridized carbons (Fsp3) is 0.500. The number of carbonyl (C=O) groups is 3. The van der Waals surface area contributed by atoms with E-state index in [1.807, 2.05) is 6.07 Å². The topological polar surface area (TPSA) is 89.5 Å². The fourth-order valence-corrected chi connectivity index (χ4v) is 5.29. The molecule has 3 amide bonds. The first-order valence-corrected chi connectivity index (χ1v) is 11.6. The van der Waals surface area contributed by atoms with Crippen molar-refractivity contribution >= 4 is 51.5 Å². The molecule has 2 aliphatic rings. The van der Waals surface area contributed by atoms with Crippen LogP contribution in [0.15, 0.2) is 23.1 Å². The number of fused-ring (bicyclic) bond motifs is 1. The molecule has 0 bridgehead atoms. The first kappa shape index (κ1) is 19.6. The molecule has 0 saturated carbocycles. The van der Waals surface area contributed by atoms with Crippen molar-refractivity contribution in [1.82, 2.24) is 10.2 Å². The quantitative estimate of drug-likeness (QED) is 0.210. The number of hydrogen-bond donors (Lipinski definition) is 1. The van der Waals surface area contributed by atoms with Crippen molar-refractivity contribution in [3.63, 3.8) is 0 Å². The standard InChI is InChI=1S/C18H21IN2O4S/c19-9-2-1-3-10-26(25)15-6-4-5-12-13(15)11-21(18(12)24)14-7-8-16(22)20-17(14)23/h4-6,14H,1-3,7-11H2,(H,20,22,23). The SMILES string of the molecule is O=C1CCC(N2Cc3c(cccc3[S+]([O-])CCCCCI)C2=O)C(=O)N1. The molecule has 0 aromatic heterocycles. The number of amides is 3. The molecule has 2 atom stereocenters. The number of hydrogen-bond acceptors (Lipinski definition) is 4. The predicted molar refractivity (Wildman–Crippen MR) is 107 cm³/mol. The molecule has 2 unspecified atom stereocenters. The van der Waals surface area contributed by atoms with E-state index < -0.39 is 23.1 Å². The lowest BCUT2D eigenvalue weighted by Crippen LogP contribution is -2.52. The lowest BCUT2D eigenvalue weighted by molar-refractivity contribution is -0.136. The van der Waals surface area contributed by atoms with Gasteiger partial charge in [0.15, 0.2) is 4.90 Å². The highest BCUT2D eigenvalue weighted by atomic mass is 127. The third-order valence-electron chi connectivity index (χ3n) is 4.75. The van der Waals surface area contributed by atoms with E-state index in [2.05, 4.69) is 27.9 Å². The molecule has 1 fully saturated rings. The Labute approximate surface area is 169 Å². The number of halogens is 1. The van der Waals surface area contributed by atoms with Crippen LogP contribution in [0.3, 0.4) is 0 Å². The third kappa shape index (κ3) is 4.07. The second-order valence-electron chi connectivity index (χ2n) is 6.48. The summed E-state index contributed by atoms with van der Waals surface area (Å²) >= 11 is 1.18.